The van der Waals surface area contributed by atoms with Gasteiger partial charge in [-0.2, -0.15) is 0 Å². The minimum Gasteiger partial charge on any atom is -0.456 e. The number of nitrogens with zero attached hydrogens (tertiary/aromatic N) is 2. The summed E-state index contributed by atoms with van der Waals surface area (Å²) in [5, 5.41) is 14.7. The zero-order valence-electron chi connectivity index (χ0n) is 33.4. The van der Waals surface area contributed by atoms with Crippen molar-refractivity contribution in [2.45, 2.75) is 57.0 Å². The van der Waals surface area contributed by atoms with E-state index in [4.69, 9.17) is 21.1 Å². The van der Waals surface area contributed by atoms with Gasteiger partial charge >= 0.3 is 0 Å². The molecular formula is C45H51ClN6O6S. The van der Waals surface area contributed by atoms with Crippen molar-refractivity contribution in [2.75, 3.05) is 61.6 Å². The Hall–Kier alpha value is -5.05. The Balaban J connectivity index is 0.999. The van der Waals surface area contributed by atoms with Crippen LogP contribution in [0.15, 0.2) is 102 Å². The van der Waals surface area contributed by atoms with Crippen LogP contribution in [0.5, 0.6) is 11.5 Å². The molecule has 0 bridgehead atoms. The van der Waals surface area contributed by atoms with E-state index in [1.165, 1.54) is 34.9 Å². The minimum absolute atomic E-state index is 0.0357. The van der Waals surface area contributed by atoms with E-state index in [1.807, 2.05) is 48.7 Å². The SMILES string of the molecule is CC1(C)CCC(CN2CCN(c3ccc(C(=O)NS(=O)(=O)c4ccc(NC[C@H]5CCCO5)c(NO)c4)c(Oc4ccc5[nH]ccc5c4)c3)CC2)=C(c2ccc(Cl)cc2)C1. The van der Waals surface area contributed by atoms with Gasteiger partial charge in [0.05, 0.1) is 27.9 Å². The van der Waals surface area contributed by atoms with Gasteiger partial charge in [-0.15, -0.1) is 0 Å². The first kappa shape index (κ1) is 40.7. The highest BCUT2D eigenvalue weighted by molar-refractivity contribution is 7.90. The van der Waals surface area contributed by atoms with Crippen LogP contribution in [0.4, 0.5) is 17.1 Å². The maximum atomic E-state index is 13.9. The molecule has 4 aromatic carbocycles. The Morgan fingerprint density at radius 2 is 1.80 bits per heavy atom. The Kier molecular flexibility index (Phi) is 11.9. The first-order valence-electron chi connectivity index (χ1n) is 20.2. The maximum absolute atomic E-state index is 13.9. The number of benzene rings is 4. The number of fused-ring (bicyclic) bond motifs is 1. The summed E-state index contributed by atoms with van der Waals surface area (Å²) in [7, 11) is -4.37. The Labute approximate surface area is 350 Å². The van der Waals surface area contributed by atoms with Gasteiger partial charge in [-0.3, -0.25) is 20.4 Å². The van der Waals surface area contributed by atoms with Crippen molar-refractivity contribution in [1.82, 2.24) is 14.6 Å². The molecule has 14 heteroatoms. The molecule has 0 radical (unpaired) electrons. The van der Waals surface area contributed by atoms with E-state index < -0.39 is 15.9 Å². The van der Waals surface area contributed by atoms with Gasteiger partial charge in [0.1, 0.15) is 11.5 Å². The van der Waals surface area contributed by atoms with Gasteiger partial charge in [-0.05, 0) is 115 Å². The zero-order chi connectivity index (χ0) is 41.1. The van der Waals surface area contributed by atoms with Gasteiger partial charge < -0.3 is 24.7 Å². The van der Waals surface area contributed by atoms with Crippen LogP contribution in [-0.4, -0.2) is 81.4 Å². The van der Waals surface area contributed by atoms with Gasteiger partial charge in [0.15, 0.2) is 0 Å². The molecule has 1 atom stereocenters. The molecule has 3 heterocycles. The highest BCUT2D eigenvalue weighted by atomic mass is 35.5. The summed E-state index contributed by atoms with van der Waals surface area (Å²) in [5.41, 5.74) is 8.99. The predicted octanol–water partition coefficient (Wildman–Crippen LogP) is 8.91. The molecule has 5 N–H and O–H groups in total. The number of hydrogen-bond donors (Lipinski definition) is 5. The molecule has 0 unspecified atom stereocenters. The topological polar surface area (TPSA) is 148 Å². The zero-order valence-corrected chi connectivity index (χ0v) is 35.0. The Bertz CT molecular complexity index is 2450. The number of sulfonamides is 1. The largest absolute Gasteiger partial charge is 0.456 e. The molecule has 2 saturated heterocycles. The average molecular weight is 839 g/mol. The lowest BCUT2D eigenvalue weighted by molar-refractivity contribution is 0.0979. The van der Waals surface area contributed by atoms with Gasteiger partial charge in [0.25, 0.3) is 15.9 Å². The van der Waals surface area contributed by atoms with Crippen LogP contribution < -0.4 is 25.2 Å². The molecule has 1 aliphatic carbocycles. The Morgan fingerprint density at radius 1 is 0.983 bits per heavy atom. The summed E-state index contributed by atoms with van der Waals surface area (Å²) >= 11 is 6.24. The van der Waals surface area contributed by atoms with Crippen molar-refractivity contribution in [3.05, 3.63) is 113 Å². The fraction of sp³-hybridized carbons (Fsp3) is 0.356. The molecule has 59 heavy (non-hydrogen) atoms. The van der Waals surface area contributed by atoms with Crippen LogP contribution in [-0.2, 0) is 14.8 Å². The fourth-order valence-electron chi connectivity index (χ4n) is 8.30. The summed E-state index contributed by atoms with van der Waals surface area (Å²) in [5.74, 6) is -0.124. The number of anilines is 3. The van der Waals surface area contributed by atoms with Crippen LogP contribution in [0, 0.1) is 5.41 Å². The molecule has 1 aromatic heterocycles. The van der Waals surface area contributed by atoms with Crippen molar-refractivity contribution in [3.63, 3.8) is 0 Å². The van der Waals surface area contributed by atoms with E-state index in [9.17, 15) is 18.4 Å². The molecule has 8 rings (SSSR count). The monoisotopic (exact) mass is 838 g/mol. The number of carbonyl (C=O) groups excluding carboxylic acids is 1. The molecule has 0 saturated carbocycles. The summed E-state index contributed by atoms with van der Waals surface area (Å²) in [4.78, 5) is 21.7. The molecular weight excluding hydrogens is 788 g/mol. The van der Waals surface area contributed by atoms with E-state index in [-0.39, 0.29) is 33.4 Å². The van der Waals surface area contributed by atoms with Gasteiger partial charge in [0.2, 0.25) is 0 Å². The number of rotatable bonds is 13. The Morgan fingerprint density at radius 3 is 2.56 bits per heavy atom. The number of aromatic nitrogens is 1. The lowest BCUT2D eigenvalue weighted by atomic mass is 9.72. The standard InChI is InChI=1S/C45H51ClN6O6S/c1-45(2)17-15-32(39(27-45)30-5-7-33(46)8-6-30)29-51-19-21-52(22-20-51)34-9-12-38(43(25-34)58-35-10-13-40-31(24-35)16-18-47-40)44(53)50-59(55,56)37-11-14-41(42(26-37)49-54)48-28-36-4-3-23-57-36/h5-14,16,18,24-26,36,47-49,54H,3-4,15,17,19-23,27-29H2,1-2H3,(H,50,53)/t36-/m1/s1. The molecule has 2 fully saturated rings. The molecule has 3 aliphatic rings. The maximum Gasteiger partial charge on any atom is 0.268 e. The van der Waals surface area contributed by atoms with Crippen LogP contribution >= 0.6 is 11.6 Å². The van der Waals surface area contributed by atoms with E-state index in [0.717, 1.165) is 86.4 Å². The molecule has 0 spiro atoms. The smallest absolute Gasteiger partial charge is 0.268 e. The molecule has 310 valence electrons. The van der Waals surface area contributed by atoms with E-state index in [0.29, 0.717) is 24.6 Å². The number of aromatic amines is 1. The second-order valence-corrected chi connectivity index (χ2v) is 18.6. The second kappa shape index (κ2) is 17.3. The number of halogens is 1. The van der Waals surface area contributed by atoms with E-state index in [2.05, 4.69) is 56.3 Å². The van der Waals surface area contributed by atoms with Crippen molar-refractivity contribution >= 4 is 61.1 Å². The normalized spacial score (nSPS) is 18.6. The first-order chi connectivity index (χ1) is 28.4. The molecule has 2 aliphatic heterocycles. The van der Waals surface area contributed by atoms with Gasteiger partial charge in [-0.25, -0.2) is 13.1 Å². The van der Waals surface area contributed by atoms with Crippen LogP contribution in [0.3, 0.4) is 0 Å². The summed E-state index contributed by atoms with van der Waals surface area (Å²) in [6.45, 7) is 10.1. The van der Waals surface area contributed by atoms with Crippen LogP contribution in [0.2, 0.25) is 5.02 Å². The first-order valence-corrected chi connectivity index (χ1v) is 22.1. The number of H-pyrrole nitrogens is 1. The van der Waals surface area contributed by atoms with Crippen molar-refractivity contribution in [1.29, 1.82) is 0 Å². The summed E-state index contributed by atoms with van der Waals surface area (Å²) < 4.78 is 41.6. The number of carbonyl (C=O) groups is 1. The third kappa shape index (κ3) is 9.55. The van der Waals surface area contributed by atoms with Gasteiger partial charge in [0, 0.05) is 79.8 Å². The lowest BCUT2D eigenvalue weighted by Crippen LogP contribution is -2.47. The summed E-state index contributed by atoms with van der Waals surface area (Å²) in [6, 6.07) is 25.2. The van der Waals surface area contributed by atoms with E-state index >= 15 is 0 Å². The molecule has 12 nitrogen and oxygen atoms in total. The van der Waals surface area contributed by atoms with Crippen molar-refractivity contribution in [3.8, 4) is 11.5 Å². The number of amides is 1. The molecule has 1 amide bonds. The molecule has 5 aromatic rings. The van der Waals surface area contributed by atoms with Crippen molar-refractivity contribution in [2.24, 2.45) is 5.41 Å². The predicted molar refractivity (Wildman–Crippen MR) is 233 cm³/mol. The quantitative estimate of drug-likeness (QED) is 0.0729. The second-order valence-electron chi connectivity index (χ2n) is 16.5. The third-order valence-corrected chi connectivity index (χ3v) is 13.3. The van der Waals surface area contributed by atoms with E-state index in [1.54, 1.807) is 12.1 Å². The number of piperazine rings is 1. The lowest BCUT2D eigenvalue weighted by Gasteiger charge is -2.39. The number of nitrogens with one attached hydrogen (secondary N) is 4. The number of ether oxygens (including phenoxy) is 2. The van der Waals surface area contributed by atoms with Gasteiger partial charge in [-0.1, -0.05) is 43.2 Å². The fourth-order valence-corrected chi connectivity index (χ4v) is 9.42. The highest BCUT2D eigenvalue weighted by Crippen LogP contribution is 2.43. The highest BCUT2D eigenvalue weighted by Gasteiger charge is 2.30. The number of allylic oxidation sites excluding steroid dienone is 1. The average Bonchev–Trinajstić information content (AvgIpc) is 3.93. The third-order valence-electron chi connectivity index (χ3n) is 11.7. The minimum atomic E-state index is -4.37. The van der Waals surface area contributed by atoms with Crippen molar-refractivity contribution < 1.29 is 27.9 Å². The van der Waals surface area contributed by atoms with Crippen LogP contribution in [0.1, 0.15) is 61.9 Å². The number of hydrogen-bond acceptors (Lipinski definition) is 10. The summed E-state index contributed by atoms with van der Waals surface area (Å²) in [6.07, 6.45) is 7.03. The van der Waals surface area contributed by atoms with Crippen LogP contribution in [0.25, 0.3) is 16.5 Å².